The van der Waals surface area contributed by atoms with Gasteiger partial charge in [-0.15, -0.1) is 0 Å². The molecular weight excluding hydrogens is 224 g/mol. The van der Waals surface area contributed by atoms with Crippen molar-refractivity contribution in [1.82, 2.24) is 0 Å². The van der Waals surface area contributed by atoms with Crippen molar-refractivity contribution < 1.29 is 4.79 Å². The van der Waals surface area contributed by atoms with Gasteiger partial charge in [0.25, 0.3) is 0 Å². The molecular formula is C15H20N2O. The van der Waals surface area contributed by atoms with Crippen LogP contribution in [0.25, 0.3) is 0 Å². The molecule has 3 rings (SSSR count). The van der Waals surface area contributed by atoms with E-state index >= 15 is 0 Å². The summed E-state index contributed by atoms with van der Waals surface area (Å²) in [6, 6.07) is 6.14. The molecule has 0 spiro atoms. The largest absolute Gasteiger partial charge is 0.372 e. The number of rotatable bonds is 1. The zero-order chi connectivity index (χ0) is 12.5. The summed E-state index contributed by atoms with van der Waals surface area (Å²) in [7, 11) is 0. The fraction of sp³-hybridized carbons (Fsp3) is 0.533. The zero-order valence-corrected chi connectivity index (χ0v) is 10.8. The Kier molecular flexibility index (Phi) is 2.98. The molecule has 0 radical (unpaired) electrons. The van der Waals surface area contributed by atoms with Gasteiger partial charge in [0.2, 0.25) is 5.91 Å². The molecule has 1 aromatic rings. The lowest BCUT2D eigenvalue weighted by Gasteiger charge is -2.34. The van der Waals surface area contributed by atoms with Crippen molar-refractivity contribution in [3.05, 3.63) is 23.8 Å². The van der Waals surface area contributed by atoms with Gasteiger partial charge in [-0.05, 0) is 43.4 Å². The van der Waals surface area contributed by atoms with Crippen molar-refractivity contribution >= 4 is 17.3 Å². The van der Waals surface area contributed by atoms with Crippen molar-refractivity contribution in [1.29, 1.82) is 0 Å². The molecule has 3 heteroatoms. The number of carbonyl (C=O) groups excluding carboxylic acids is 1. The predicted molar refractivity (Wildman–Crippen MR) is 73.8 cm³/mol. The number of hydrogen-bond donors (Lipinski definition) is 2. The number of fused-ring (bicyclic) bond motifs is 1. The fourth-order valence-electron chi connectivity index (χ4n) is 3.13. The molecule has 1 saturated carbocycles. The van der Waals surface area contributed by atoms with Gasteiger partial charge in [-0.3, -0.25) is 4.79 Å². The van der Waals surface area contributed by atoms with E-state index in [0.29, 0.717) is 5.92 Å². The average Bonchev–Trinajstić information content (AvgIpc) is 2.39. The topological polar surface area (TPSA) is 41.1 Å². The average molecular weight is 244 g/mol. The lowest BCUT2D eigenvalue weighted by molar-refractivity contribution is -0.118. The third-order valence-electron chi connectivity index (χ3n) is 4.15. The van der Waals surface area contributed by atoms with E-state index in [1.165, 1.54) is 37.7 Å². The first-order valence-electron chi connectivity index (χ1n) is 6.92. The molecule has 1 aliphatic heterocycles. The first-order valence-corrected chi connectivity index (χ1v) is 6.92. The van der Waals surface area contributed by atoms with Crippen LogP contribution in [0.1, 0.15) is 37.7 Å². The number of benzene rings is 1. The minimum absolute atomic E-state index is 0.0412. The molecule has 0 bridgehead atoms. The molecule has 1 unspecified atom stereocenters. The molecule has 96 valence electrons. The summed E-state index contributed by atoms with van der Waals surface area (Å²) in [5.41, 5.74) is 3.16. The summed E-state index contributed by atoms with van der Waals surface area (Å²) in [6.45, 7) is 2.04. The van der Waals surface area contributed by atoms with Crippen molar-refractivity contribution in [3.63, 3.8) is 0 Å². The molecule has 1 aromatic carbocycles. The molecule has 1 aliphatic carbocycles. The number of carbonyl (C=O) groups is 1. The molecule has 2 N–H and O–H groups in total. The highest BCUT2D eigenvalue weighted by Gasteiger charge is 2.33. The summed E-state index contributed by atoms with van der Waals surface area (Å²) in [5.74, 6) is 0.633. The second kappa shape index (κ2) is 4.63. The van der Waals surface area contributed by atoms with E-state index in [0.717, 1.165) is 11.4 Å². The minimum atomic E-state index is -0.0412. The van der Waals surface area contributed by atoms with Gasteiger partial charge in [-0.2, -0.15) is 0 Å². The Bertz CT molecular complexity index is 464. The minimum Gasteiger partial charge on any atom is -0.372 e. The summed E-state index contributed by atoms with van der Waals surface area (Å²) in [4.78, 5) is 12.2. The highest BCUT2D eigenvalue weighted by atomic mass is 16.2. The Morgan fingerprint density at radius 1 is 1.11 bits per heavy atom. The summed E-state index contributed by atoms with van der Waals surface area (Å²) >= 11 is 0. The van der Waals surface area contributed by atoms with Crippen LogP contribution in [0.15, 0.2) is 18.2 Å². The second-order valence-electron chi connectivity index (χ2n) is 5.56. The number of anilines is 2. The summed E-state index contributed by atoms with van der Waals surface area (Å²) in [6.07, 6.45) is 6.19. The van der Waals surface area contributed by atoms with E-state index < -0.39 is 0 Å². The van der Waals surface area contributed by atoms with Crippen molar-refractivity contribution in [2.75, 3.05) is 10.6 Å². The third-order valence-corrected chi connectivity index (χ3v) is 4.15. The maximum Gasteiger partial charge on any atom is 0.247 e. The number of nitrogens with one attached hydrogen (secondary N) is 2. The first-order chi connectivity index (χ1) is 8.74. The van der Waals surface area contributed by atoms with Crippen LogP contribution >= 0.6 is 0 Å². The smallest absolute Gasteiger partial charge is 0.247 e. The van der Waals surface area contributed by atoms with Crippen LogP contribution in [0, 0.1) is 12.8 Å². The van der Waals surface area contributed by atoms with Gasteiger partial charge in [-0.1, -0.05) is 25.3 Å². The normalized spacial score (nSPS) is 24.1. The molecule has 0 saturated heterocycles. The molecule has 1 atom stereocenters. The second-order valence-corrected chi connectivity index (χ2v) is 5.56. The summed E-state index contributed by atoms with van der Waals surface area (Å²) in [5, 5.41) is 6.48. The van der Waals surface area contributed by atoms with Gasteiger partial charge in [0, 0.05) is 0 Å². The quantitative estimate of drug-likeness (QED) is 0.795. The SMILES string of the molecule is Cc1ccc2c(c1)NC(=O)C(C1CCCCC1)N2. The Morgan fingerprint density at radius 3 is 2.67 bits per heavy atom. The number of aryl methyl sites for hydroxylation is 1. The molecule has 3 nitrogen and oxygen atoms in total. The highest BCUT2D eigenvalue weighted by Crippen LogP contribution is 2.34. The van der Waals surface area contributed by atoms with E-state index in [-0.39, 0.29) is 11.9 Å². The van der Waals surface area contributed by atoms with Crippen LogP contribution in [0.4, 0.5) is 11.4 Å². The third kappa shape index (κ3) is 2.09. The molecule has 18 heavy (non-hydrogen) atoms. The molecule has 0 aromatic heterocycles. The lowest BCUT2D eigenvalue weighted by Crippen LogP contribution is -2.44. The molecule has 2 aliphatic rings. The van der Waals surface area contributed by atoms with Crippen LogP contribution < -0.4 is 10.6 Å². The van der Waals surface area contributed by atoms with Gasteiger partial charge < -0.3 is 10.6 Å². The monoisotopic (exact) mass is 244 g/mol. The number of hydrogen-bond acceptors (Lipinski definition) is 2. The molecule has 1 amide bonds. The standard InChI is InChI=1S/C15H20N2O/c1-10-7-8-12-13(9-10)17-15(18)14(16-12)11-5-3-2-4-6-11/h7-9,11,14,16H,2-6H2,1H3,(H,17,18). The Hall–Kier alpha value is -1.51. The maximum atomic E-state index is 12.2. The van der Waals surface area contributed by atoms with E-state index in [4.69, 9.17) is 0 Å². The van der Waals surface area contributed by atoms with Crippen LogP contribution in [0.5, 0.6) is 0 Å². The van der Waals surface area contributed by atoms with Crippen molar-refractivity contribution in [2.45, 2.75) is 45.1 Å². The van der Waals surface area contributed by atoms with Crippen LogP contribution in [0.3, 0.4) is 0 Å². The van der Waals surface area contributed by atoms with E-state index in [2.05, 4.69) is 22.8 Å². The van der Waals surface area contributed by atoms with E-state index in [1.807, 2.05) is 13.0 Å². The predicted octanol–water partition coefficient (Wildman–Crippen LogP) is 3.31. The Labute approximate surface area is 108 Å². The van der Waals surface area contributed by atoms with E-state index in [1.54, 1.807) is 0 Å². The highest BCUT2D eigenvalue weighted by molar-refractivity contribution is 6.03. The van der Waals surface area contributed by atoms with Crippen molar-refractivity contribution in [2.24, 2.45) is 5.92 Å². The Balaban J connectivity index is 1.82. The van der Waals surface area contributed by atoms with Gasteiger partial charge in [0.05, 0.1) is 11.4 Å². The van der Waals surface area contributed by atoms with Crippen molar-refractivity contribution in [3.8, 4) is 0 Å². The molecule has 1 heterocycles. The molecule has 1 fully saturated rings. The van der Waals surface area contributed by atoms with Crippen LogP contribution in [-0.4, -0.2) is 11.9 Å². The van der Waals surface area contributed by atoms with Crippen LogP contribution in [0.2, 0.25) is 0 Å². The lowest BCUT2D eigenvalue weighted by atomic mass is 9.82. The number of amides is 1. The Morgan fingerprint density at radius 2 is 1.89 bits per heavy atom. The maximum absolute atomic E-state index is 12.2. The van der Waals surface area contributed by atoms with Gasteiger partial charge in [-0.25, -0.2) is 0 Å². The zero-order valence-electron chi connectivity index (χ0n) is 10.8. The summed E-state index contributed by atoms with van der Waals surface area (Å²) < 4.78 is 0. The van der Waals surface area contributed by atoms with Gasteiger partial charge in [0.1, 0.15) is 6.04 Å². The van der Waals surface area contributed by atoms with Crippen LogP contribution in [-0.2, 0) is 4.79 Å². The van der Waals surface area contributed by atoms with E-state index in [9.17, 15) is 4.79 Å². The first kappa shape index (κ1) is 11.6. The van der Waals surface area contributed by atoms with Gasteiger partial charge >= 0.3 is 0 Å². The van der Waals surface area contributed by atoms with Gasteiger partial charge in [0.15, 0.2) is 0 Å². The fourth-order valence-corrected chi connectivity index (χ4v) is 3.13.